The zero-order valence-electron chi connectivity index (χ0n) is 12.7. The highest BCUT2D eigenvalue weighted by Crippen LogP contribution is 2.20. The van der Waals surface area contributed by atoms with E-state index in [0.29, 0.717) is 12.6 Å². The van der Waals surface area contributed by atoms with Gasteiger partial charge in [0.2, 0.25) is 0 Å². The maximum atomic E-state index is 5.90. The van der Waals surface area contributed by atoms with E-state index < -0.39 is 0 Å². The molecule has 108 valence electrons. The highest BCUT2D eigenvalue weighted by Gasteiger charge is 2.08. The smallest absolute Gasteiger partial charge is 0.132 e. The van der Waals surface area contributed by atoms with Crippen molar-refractivity contribution in [3.63, 3.8) is 0 Å². The fourth-order valence-corrected chi connectivity index (χ4v) is 2.41. The molecule has 0 radical (unpaired) electrons. The Balaban J connectivity index is 2.01. The van der Waals surface area contributed by atoms with E-state index in [4.69, 9.17) is 4.74 Å². The molecular weight excluding hydrogens is 248 g/mol. The van der Waals surface area contributed by atoms with Crippen LogP contribution in [0.3, 0.4) is 0 Å². The van der Waals surface area contributed by atoms with Gasteiger partial charge in [-0.05, 0) is 37.0 Å². The molecule has 2 rings (SSSR count). The molecule has 0 unspecified atom stereocenters. The van der Waals surface area contributed by atoms with Crippen molar-refractivity contribution in [1.29, 1.82) is 0 Å². The summed E-state index contributed by atoms with van der Waals surface area (Å²) in [4.78, 5) is 0. The number of ether oxygens (including phenoxy) is 1. The molecule has 3 heteroatoms. The van der Waals surface area contributed by atoms with Gasteiger partial charge in [0.25, 0.3) is 0 Å². The summed E-state index contributed by atoms with van der Waals surface area (Å²) < 4.78 is 7.96. The van der Waals surface area contributed by atoms with Crippen LogP contribution in [0.25, 0.3) is 0 Å². The standard InChI is InChI=1S/C17H24N2O/c1-4-14-9-7-8-10-17(14)20-13-15-11-12-19(18-15)16(5-2)6-3/h7-12,16H,4-6,13H2,1-3H3. The van der Waals surface area contributed by atoms with Crippen LogP contribution < -0.4 is 4.74 Å². The van der Waals surface area contributed by atoms with Crippen molar-refractivity contribution in [2.75, 3.05) is 0 Å². The lowest BCUT2D eigenvalue weighted by atomic mass is 10.1. The molecule has 0 N–H and O–H groups in total. The van der Waals surface area contributed by atoms with Gasteiger partial charge in [-0.15, -0.1) is 0 Å². The van der Waals surface area contributed by atoms with Crippen molar-refractivity contribution in [2.45, 2.75) is 52.7 Å². The van der Waals surface area contributed by atoms with Crippen LogP contribution in [0.2, 0.25) is 0 Å². The molecule has 2 aromatic rings. The molecule has 1 heterocycles. The number of aromatic nitrogens is 2. The Kier molecular flexibility index (Phi) is 5.22. The minimum Gasteiger partial charge on any atom is -0.487 e. The molecule has 0 aliphatic rings. The minimum atomic E-state index is 0.492. The molecular formula is C17H24N2O. The molecule has 20 heavy (non-hydrogen) atoms. The summed E-state index contributed by atoms with van der Waals surface area (Å²) in [7, 11) is 0. The van der Waals surface area contributed by atoms with Gasteiger partial charge < -0.3 is 4.74 Å². The van der Waals surface area contributed by atoms with Gasteiger partial charge in [-0.1, -0.05) is 39.0 Å². The normalized spacial score (nSPS) is 11.0. The minimum absolute atomic E-state index is 0.492. The Morgan fingerprint density at radius 2 is 1.85 bits per heavy atom. The number of nitrogens with zero attached hydrogens (tertiary/aromatic N) is 2. The van der Waals surface area contributed by atoms with Crippen LogP contribution in [-0.2, 0) is 13.0 Å². The van der Waals surface area contributed by atoms with E-state index in [1.807, 2.05) is 24.3 Å². The van der Waals surface area contributed by atoms with E-state index in [1.165, 1.54) is 5.56 Å². The Morgan fingerprint density at radius 1 is 1.10 bits per heavy atom. The fraction of sp³-hybridized carbons (Fsp3) is 0.471. The summed E-state index contributed by atoms with van der Waals surface area (Å²) >= 11 is 0. The lowest BCUT2D eigenvalue weighted by Gasteiger charge is -2.12. The van der Waals surface area contributed by atoms with Gasteiger partial charge in [0.15, 0.2) is 0 Å². The van der Waals surface area contributed by atoms with Crippen LogP contribution in [0.5, 0.6) is 5.75 Å². The summed E-state index contributed by atoms with van der Waals surface area (Å²) in [5.74, 6) is 0.965. The lowest BCUT2D eigenvalue weighted by Crippen LogP contribution is -2.08. The van der Waals surface area contributed by atoms with Crippen LogP contribution in [0, 0.1) is 0 Å². The molecule has 0 saturated carbocycles. The van der Waals surface area contributed by atoms with Gasteiger partial charge in [-0.25, -0.2) is 0 Å². The summed E-state index contributed by atoms with van der Waals surface area (Å²) in [6.07, 6.45) is 5.26. The molecule has 0 aliphatic carbocycles. The largest absolute Gasteiger partial charge is 0.487 e. The SMILES string of the molecule is CCc1ccccc1OCc1ccn(C(CC)CC)n1. The quantitative estimate of drug-likeness (QED) is 0.747. The molecule has 0 bridgehead atoms. The lowest BCUT2D eigenvalue weighted by molar-refractivity contribution is 0.294. The molecule has 0 aliphatic heterocycles. The average molecular weight is 272 g/mol. The first-order valence-electron chi connectivity index (χ1n) is 7.53. The van der Waals surface area contributed by atoms with Crippen molar-refractivity contribution < 1.29 is 4.74 Å². The monoisotopic (exact) mass is 272 g/mol. The molecule has 0 amide bonds. The van der Waals surface area contributed by atoms with E-state index in [-0.39, 0.29) is 0 Å². The maximum absolute atomic E-state index is 5.90. The highest BCUT2D eigenvalue weighted by molar-refractivity contribution is 5.33. The summed E-state index contributed by atoms with van der Waals surface area (Å²) in [6, 6.07) is 10.7. The first kappa shape index (κ1) is 14.6. The van der Waals surface area contributed by atoms with Crippen LogP contribution in [0.4, 0.5) is 0 Å². The first-order chi connectivity index (χ1) is 9.78. The number of hydrogen-bond donors (Lipinski definition) is 0. The van der Waals surface area contributed by atoms with Gasteiger partial charge >= 0.3 is 0 Å². The predicted octanol–water partition coefficient (Wildman–Crippen LogP) is 4.39. The van der Waals surface area contributed by atoms with Crippen molar-refractivity contribution in [3.05, 3.63) is 47.8 Å². The third-order valence-electron chi connectivity index (χ3n) is 3.71. The Hall–Kier alpha value is -1.77. The summed E-state index contributed by atoms with van der Waals surface area (Å²) in [5.41, 5.74) is 2.23. The number of rotatable bonds is 7. The second-order valence-corrected chi connectivity index (χ2v) is 5.01. The number of aryl methyl sites for hydroxylation is 1. The molecule has 3 nitrogen and oxygen atoms in total. The molecule has 1 aromatic carbocycles. The zero-order valence-corrected chi connectivity index (χ0v) is 12.7. The fourth-order valence-electron chi connectivity index (χ4n) is 2.41. The van der Waals surface area contributed by atoms with Crippen molar-refractivity contribution in [2.24, 2.45) is 0 Å². The van der Waals surface area contributed by atoms with E-state index in [2.05, 4.69) is 42.8 Å². The third kappa shape index (κ3) is 3.41. The Morgan fingerprint density at radius 3 is 2.55 bits per heavy atom. The summed E-state index contributed by atoms with van der Waals surface area (Å²) in [6.45, 7) is 7.07. The van der Waals surface area contributed by atoms with Crippen LogP contribution >= 0.6 is 0 Å². The molecule has 0 atom stereocenters. The second-order valence-electron chi connectivity index (χ2n) is 5.01. The van der Waals surface area contributed by atoms with Crippen LogP contribution in [0.1, 0.15) is 50.9 Å². The maximum Gasteiger partial charge on any atom is 0.132 e. The van der Waals surface area contributed by atoms with E-state index in [0.717, 1.165) is 30.7 Å². The molecule has 0 fully saturated rings. The van der Waals surface area contributed by atoms with Crippen LogP contribution in [0.15, 0.2) is 36.5 Å². The van der Waals surface area contributed by atoms with Crippen molar-refractivity contribution in [1.82, 2.24) is 9.78 Å². The Labute approximate surface area is 121 Å². The van der Waals surface area contributed by atoms with Crippen molar-refractivity contribution in [3.8, 4) is 5.75 Å². The molecule has 0 saturated heterocycles. The van der Waals surface area contributed by atoms with Gasteiger partial charge in [0.1, 0.15) is 12.4 Å². The Bertz CT molecular complexity index is 529. The van der Waals surface area contributed by atoms with Crippen molar-refractivity contribution >= 4 is 0 Å². The van der Waals surface area contributed by atoms with E-state index in [9.17, 15) is 0 Å². The van der Waals surface area contributed by atoms with Gasteiger partial charge in [-0.3, -0.25) is 4.68 Å². The number of para-hydroxylation sites is 1. The van der Waals surface area contributed by atoms with Gasteiger partial charge in [0, 0.05) is 6.20 Å². The first-order valence-corrected chi connectivity index (χ1v) is 7.53. The number of benzene rings is 1. The number of hydrogen-bond acceptors (Lipinski definition) is 2. The van der Waals surface area contributed by atoms with E-state index >= 15 is 0 Å². The van der Waals surface area contributed by atoms with Crippen LogP contribution in [-0.4, -0.2) is 9.78 Å². The predicted molar refractivity (Wildman–Crippen MR) is 82.0 cm³/mol. The molecule has 1 aromatic heterocycles. The average Bonchev–Trinajstić information content (AvgIpc) is 2.95. The topological polar surface area (TPSA) is 27.1 Å². The van der Waals surface area contributed by atoms with Gasteiger partial charge in [0.05, 0.1) is 11.7 Å². The third-order valence-corrected chi connectivity index (χ3v) is 3.71. The second kappa shape index (κ2) is 7.13. The zero-order chi connectivity index (χ0) is 14.4. The summed E-state index contributed by atoms with van der Waals surface area (Å²) in [5, 5.41) is 4.61. The van der Waals surface area contributed by atoms with E-state index in [1.54, 1.807) is 0 Å². The van der Waals surface area contributed by atoms with Gasteiger partial charge in [-0.2, -0.15) is 5.10 Å². The molecule has 0 spiro atoms. The highest BCUT2D eigenvalue weighted by atomic mass is 16.5.